The van der Waals surface area contributed by atoms with Crippen LogP contribution in [-0.4, -0.2) is 63.3 Å². The number of likely N-dealkylation sites (tertiary alicyclic amines) is 1. The molecule has 1 unspecified atom stereocenters. The molecule has 0 amide bonds. The van der Waals surface area contributed by atoms with E-state index in [0.29, 0.717) is 6.04 Å². The van der Waals surface area contributed by atoms with Crippen molar-refractivity contribution >= 4 is 17.6 Å². The third kappa shape index (κ3) is 6.84. The topological polar surface area (TPSA) is 48.9 Å². The molecule has 0 bridgehead atoms. The molecular weight excluding hydrogens is 336 g/mol. The average molecular weight is 367 g/mol. The fourth-order valence-electron chi connectivity index (χ4n) is 3.16. The molecule has 1 atom stereocenters. The lowest BCUT2D eigenvalue weighted by Gasteiger charge is -2.23. The predicted octanol–water partition coefficient (Wildman–Crippen LogP) is 2.55. The zero-order valence-corrected chi connectivity index (χ0v) is 16.2. The first-order chi connectivity index (χ1) is 12.2. The summed E-state index contributed by atoms with van der Waals surface area (Å²) < 4.78 is 5.21. The van der Waals surface area contributed by atoms with Crippen molar-refractivity contribution in [2.75, 3.05) is 46.4 Å². The van der Waals surface area contributed by atoms with Gasteiger partial charge in [0, 0.05) is 37.8 Å². The summed E-state index contributed by atoms with van der Waals surface area (Å²) >= 11 is 6.22. The molecule has 0 spiro atoms. The first-order valence-electron chi connectivity index (χ1n) is 9.23. The van der Waals surface area contributed by atoms with Gasteiger partial charge in [0.15, 0.2) is 5.96 Å². The van der Waals surface area contributed by atoms with Crippen LogP contribution in [-0.2, 0) is 11.2 Å². The second-order valence-electron chi connectivity index (χ2n) is 6.31. The third-order valence-electron chi connectivity index (χ3n) is 4.53. The van der Waals surface area contributed by atoms with Crippen LogP contribution in [0.2, 0.25) is 5.02 Å². The van der Waals surface area contributed by atoms with E-state index in [1.807, 2.05) is 18.2 Å². The summed E-state index contributed by atoms with van der Waals surface area (Å²) in [6.45, 7) is 7.52. The monoisotopic (exact) mass is 366 g/mol. The van der Waals surface area contributed by atoms with Gasteiger partial charge in [-0.1, -0.05) is 29.8 Å². The molecule has 2 N–H and O–H groups in total. The number of methoxy groups -OCH3 is 1. The normalized spacial score (nSPS) is 18.5. The Labute approximate surface area is 156 Å². The first kappa shape index (κ1) is 20.0. The Bertz CT molecular complexity index is 538. The lowest BCUT2D eigenvalue weighted by Crippen LogP contribution is -2.40. The minimum Gasteiger partial charge on any atom is -0.383 e. The van der Waals surface area contributed by atoms with Crippen molar-refractivity contribution < 1.29 is 4.74 Å². The fourth-order valence-corrected chi connectivity index (χ4v) is 3.39. The molecule has 1 fully saturated rings. The van der Waals surface area contributed by atoms with Crippen LogP contribution < -0.4 is 10.6 Å². The number of ether oxygens (including phenoxy) is 1. The maximum absolute atomic E-state index is 6.22. The Balaban J connectivity index is 1.82. The Morgan fingerprint density at radius 1 is 1.36 bits per heavy atom. The molecule has 2 rings (SSSR count). The van der Waals surface area contributed by atoms with Crippen LogP contribution in [0, 0.1) is 0 Å². The number of nitrogens with zero attached hydrogens (tertiary/aromatic N) is 2. The number of guanidine groups is 1. The number of benzene rings is 1. The van der Waals surface area contributed by atoms with Crippen LogP contribution in [0.4, 0.5) is 0 Å². The van der Waals surface area contributed by atoms with Gasteiger partial charge in [0.1, 0.15) is 0 Å². The maximum atomic E-state index is 6.22. The van der Waals surface area contributed by atoms with Crippen LogP contribution in [0.15, 0.2) is 29.3 Å². The molecule has 1 aliphatic heterocycles. The lowest BCUT2D eigenvalue weighted by molar-refractivity contribution is 0.142. The number of aliphatic imine (C=N–C) groups is 1. The van der Waals surface area contributed by atoms with Gasteiger partial charge in [-0.05, 0) is 44.4 Å². The maximum Gasteiger partial charge on any atom is 0.191 e. The summed E-state index contributed by atoms with van der Waals surface area (Å²) in [5.41, 5.74) is 1.16. The molecule has 1 aromatic rings. The Morgan fingerprint density at radius 2 is 2.20 bits per heavy atom. The van der Waals surface area contributed by atoms with Crippen molar-refractivity contribution in [3.8, 4) is 0 Å². The van der Waals surface area contributed by atoms with Crippen LogP contribution in [0.25, 0.3) is 0 Å². The highest BCUT2D eigenvalue weighted by Crippen LogP contribution is 2.17. The highest BCUT2D eigenvalue weighted by atomic mass is 35.5. The smallest absolute Gasteiger partial charge is 0.191 e. The molecule has 1 heterocycles. The minimum atomic E-state index is 0.522. The van der Waals surface area contributed by atoms with E-state index in [9.17, 15) is 0 Å². The highest BCUT2D eigenvalue weighted by Gasteiger charge is 2.23. The average Bonchev–Trinajstić information content (AvgIpc) is 3.07. The van der Waals surface area contributed by atoms with E-state index in [-0.39, 0.29) is 0 Å². The van der Waals surface area contributed by atoms with E-state index in [2.05, 4.69) is 28.5 Å². The van der Waals surface area contributed by atoms with Crippen molar-refractivity contribution in [2.24, 2.45) is 4.99 Å². The zero-order valence-electron chi connectivity index (χ0n) is 15.4. The van der Waals surface area contributed by atoms with Gasteiger partial charge in [0.2, 0.25) is 0 Å². The fraction of sp³-hybridized carbons (Fsp3) is 0.632. The summed E-state index contributed by atoms with van der Waals surface area (Å²) in [4.78, 5) is 7.27. The summed E-state index contributed by atoms with van der Waals surface area (Å²) in [7, 11) is 1.76. The molecule has 0 aliphatic carbocycles. The van der Waals surface area contributed by atoms with Gasteiger partial charge >= 0.3 is 0 Å². The van der Waals surface area contributed by atoms with Gasteiger partial charge in [0.05, 0.1) is 13.2 Å². The Kier molecular flexibility index (Phi) is 9.08. The van der Waals surface area contributed by atoms with E-state index < -0.39 is 0 Å². The summed E-state index contributed by atoms with van der Waals surface area (Å²) in [5, 5.41) is 7.57. The van der Waals surface area contributed by atoms with Crippen molar-refractivity contribution in [3.63, 3.8) is 0 Å². The molecule has 25 heavy (non-hydrogen) atoms. The molecule has 6 heteroatoms. The second kappa shape index (κ2) is 11.3. The Morgan fingerprint density at radius 3 is 2.96 bits per heavy atom. The quantitative estimate of drug-likeness (QED) is 0.521. The number of hydrogen-bond acceptors (Lipinski definition) is 3. The number of halogens is 1. The van der Waals surface area contributed by atoms with Gasteiger partial charge in [-0.3, -0.25) is 9.89 Å². The lowest BCUT2D eigenvalue weighted by atomic mass is 10.1. The molecule has 0 saturated carbocycles. The van der Waals surface area contributed by atoms with Crippen LogP contribution in [0.3, 0.4) is 0 Å². The third-order valence-corrected chi connectivity index (χ3v) is 4.90. The highest BCUT2D eigenvalue weighted by molar-refractivity contribution is 6.31. The molecule has 1 aromatic carbocycles. The number of nitrogens with one attached hydrogen (secondary N) is 2. The van der Waals surface area contributed by atoms with E-state index in [4.69, 9.17) is 21.3 Å². The minimum absolute atomic E-state index is 0.522. The van der Waals surface area contributed by atoms with Crippen LogP contribution in [0.1, 0.15) is 25.3 Å². The molecule has 5 nitrogen and oxygen atoms in total. The molecule has 140 valence electrons. The van der Waals surface area contributed by atoms with Gasteiger partial charge in [-0.25, -0.2) is 0 Å². The summed E-state index contributed by atoms with van der Waals surface area (Å²) in [6, 6.07) is 8.51. The van der Waals surface area contributed by atoms with Crippen molar-refractivity contribution in [1.29, 1.82) is 0 Å². The van der Waals surface area contributed by atoms with Crippen molar-refractivity contribution in [3.05, 3.63) is 34.9 Å². The van der Waals surface area contributed by atoms with Crippen molar-refractivity contribution in [2.45, 2.75) is 32.2 Å². The molecule has 0 aromatic heterocycles. The molecule has 1 saturated heterocycles. The largest absolute Gasteiger partial charge is 0.383 e. The van der Waals surface area contributed by atoms with Crippen LogP contribution in [0.5, 0.6) is 0 Å². The summed E-state index contributed by atoms with van der Waals surface area (Å²) in [5.74, 6) is 0.883. The zero-order chi connectivity index (χ0) is 17.9. The predicted molar refractivity (Wildman–Crippen MR) is 106 cm³/mol. The van der Waals surface area contributed by atoms with Gasteiger partial charge in [-0.2, -0.15) is 0 Å². The first-order valence-corrected chi connectivity index (χ1v) is 9.61. The molecule has 0 radical (unpaired) electrons. The van der Waals surface area contributed by atoms with Crippen LogP contribution >= 0.6 is 11.6 Å². The van der Waals surface area contributed by atoms with E-state index in [0.717, 1.165) is 62.3 Å². The SMILES string of the molecule is CCNC(=NCC1CCCN1CCOC)NCCc1ccccc1Cl. The molecule has 1 aliphatic rings. The Hall–Kier alpha value is -1.30. The second-order valence-corrected chi connectivity index (χ2v) is 6.72. The van der Waals surface area contributed by atoms with E-state index in [1.165, 1.54) is 12.8 Å². The van der Waals surface area contributed by atoms with Crippen molar-refractivity contribution in [1.82, 2.24) is 15.5 Å². The van der Waals surface area contributed by atoms with Gasteiger partial charge < -0.3 is 15.4 Å². The molecular formula is C19H31ClN4O. The summed E-state index contributed by atoms with van der Waals surface area (Å²) in [6.07, 6.45) is 3.35. The number of hydrogen-bond donors (Lipinski definition) is 2. The van der Waals surface area contributed by atoms with E-state index >= 15 is 0 Å². The number of rotatable bonds is 9. The van der Waals surface area contributed by atoms with Gasteiger partial charge in [0.25, 0.3) is 0 Å². The van der Waals surface area contributed by atoms with Gasteiger partial charge in [-0.15, -0.1) is 0 Å². The van der Waals surface area contributed by atoms with E-state index in [1.54, 1.807) is 7.11 Å². The standard InChI is InChI=1S/C19H31ClN4O/c1-3-21-19(22-11-10-16-7-4-5-9-18(16)20)23-15-17-8-6-12-24(17)13-14-25-2/h4-5,7,9,17H,3,6,8,10-15H2,1-2H3,(H2,21,22,23).